The van der Waals surface area contributed by atoms with Gasteiger partial charge in [0.25, 0.3) is 0 Å². The van der Waals surface area contributed by atoms with Crippen LogP contribution >= 0.6 is 12.1 Å². The first kappa shape index (κ1) is 11.7. The van der Waals surface area contributed by atoms with Gasteiger partial charge in [0.1, 0.15) is 5.76 Å². The lowest BCUT2D eigenvalue weighted by Gasteiger charge is -2.16. The second-order valence-electron chi connectivity index (χ2n) is 3.30. The van der Waals surface area contributed by atoms with Gasteiger partial charge in [-0.1, -0.05) is 0 Å². The third-order valence-electron chi connectivity index (χ3n) is 2.14. The van der Waals surface area contributed by atoms with Crippen LogP contribution < -0.4 is 4.72 Å². The number of aliphatic hydroxyl groups is 1. The van der Waals surface area contributed by atoms with E-state index in [1.54, 1.807) is 25.3 Å². The van der Waals surface area contributed by atoms with Crippen LogP contribution in [0.4, 0.5) is 0 Å². The molecule has 0 amide bonds. The lowest BCUT2D eigenvalue weighted by Crippen LogP contribution is -2.08. The Labute approximate surface area is 103 Å². The summed E-state index contributed by atoms with van der Waals surface area (Å²) >= 11 is 1.43. The van der Waals surface area contributed by atoms with Crippen LogP contribution in [0.3, 0.4) is 0 Å². The quantitative estimate of drug-likeness (QED) is 0.345. The van der Waals surface area contributed by atoms with Crippen molar-refractivity contribution >= 4 is 18.1 Å². The number of hydrogen-bond acceptors (Lipinski definition) is 6. The Morgan fingerprint density at radius 2 is 2.53 bits per heavy atom. The molecule has 0 unspecified atom stereocenters. The van der Waals surface area contributed by atoms with Crippen LogP contribution in [0.2, 0.25) is 0 Å². The van der Waals surface area contributed by atoms with E-state index in [-0.39, 0.29) is 12.4 Å². The van der Waals surface area contributed by atoms with Crippen molar-refractivity contribution in [1.29, 1.82) is 0 Å². The number of carbonyl (C=O) groups is 1. The molecule has 0 aromatic carbocycles. The molecule has 0 aliphatic carbocycles. The largest absolute Gasteiger partial charge is 0.507 e. The fraction of sp³-hybridized carbons (Fsp3) is 0.182. The molecule has 0 radical (unpaired) electrons. The molecule has 2 N–H and O–H groups in total. The van der Waals surface area contributed by atoms with Crippen molar-refractivity contribution in [3.05, 3.63) is 47.7 Å². The Balaban J connectivity index is 2.13. The third-order valence-corrected chi connectivity index (χ3v) is 2.89. The number of rotatable bonds is 3. The van der Waals surface area contributed by atoms with Gasteiger partial charge in [0.05, 0.1) is 30.5 Å². The van der Waals surface area contributed by atoms with Crippen LogP contribution in [0.25, 0.3) is 0 Å². The van der Waals surface area contributed by atoms with Crippen LogP contribution in [0.15, 0.2) is 47.7 Å². The molecular formula is C11H12N2O3S. The molecule has 0 saturated heterocycles. The van der Waals surface area contributed by atoms with E-state index in [1.165, 1.54) is 12.1 Å². The average Bonchev–Trinajstić information content (AvgIpc) is 2.75. The standard InChI is InChI=1S/C11H12N2O3S/c1-2-16-11(15)6-10(14)8-3-4-13-9(5-8)7-12-17-13/h3-7,12,14H,2H2,1H3. The predicted octanol–water partition coefficient (Wildman–Crippen LogP) is 1.75. The topological polar surface area (TPSA) is 61.8 Å². The molecule has 0 atom stereocenters. The molecule has 17 heavy (non-hydrogen) atoms. The number of carbonyl (C=O) groups excluding carboxylic acids is 1. The van der Waals surface area contributed by atoms with E-state index in [9.17, 15) is 9.90 Å². The molecule has 90 valence electrons. The smallest absolute Gasteiger partial charge is 0.334 e. The molecule has 0 fully saturated rings. The zero-order chi connectivity index (χ0) is 12.3. The molecule has 2 aliphatic heterocycles. The molecule has 2 rings (SSSR count). The number of nitrogens with one attached hydrogen (secondary N) is 1. The normalized spacial score (nSPS) is 18.2. The van der Waals surface area contributed by atoms with E-state index >= 15 is 0 Å². The Morgan fingerprint density at radius 3 is 3.29 bits per heavy atom. The van der Waals surface area contributed by atoms with Crippen molar-refractivity contribution in [3.63, 3.8) is 0 Å². The molecule has 0 aromatic rings. The summed E-state index contributed by atoms with van der Waals surface area (Å²) in [4.78, 5) is 11.2. The van der Waals surface area contributed by atoms with Crippen LogP contribution in [0, 0.1) is 0 Å². The first-order valence-electron chi connectivity index (χ1n) is 5.10. The van der Waals surface area contributed by atoms with Gasteiger partial charge in [0.2, 0.25) is 0 Å². The first-order valence-corrected chi connectivity index (χ1v) is 5.87. The first-order chi connectivity index (χ1) is 8.20. The van der Waals surface area contributed by atoms with Crippen LogP contribution in [-0.4, -0.2) is 22.0 Å². The lowest BCUT2D eigenvalue weighted by atomic mass is 10.1. The summed E-state index contributed by atoms with van der Waals surface area (Å²) in [7, 11) is 0. The zero-order valence-electron chi connectivity index (χ0n) is 9.21. The fourth-order valence-electron chi connectivity index (χ4n) is 1.38. The number of fused-ring (bicyclic) bond motifs is 1. The van der Waals surface area contributed by atoms with Gasteiger partial charge in [-0.15, -0.1) is 0 Å². The molecule has 5 nitrogen and oxygen atoms in total. The van der Waals surface area contributed by atoms with E-state index < -0.39 is 5.97 Å². The second kappa shape index (κ2) is 5.01. The molecule has 0 saturated carbocycles. The van der Waals surface area contributed by atoms with E-state index in [0.717, 1.165) is 11.8 Å². The Bertz CT molecular complexity index is 452. The van der Waals surface area contributed by atoms with Crippen LogP contribution in [0.1, 0.15) is 6.92 Å². The summed E-state index contributed by atoms with van der Waals surface area (Å²) in [5.74, 6) is -0.646. The molecule has 0 spiro atoms. The molecule has 2 aliphatic rings. The fourth-order valence-corrected chi connectivity index (χ4v) is 1.99. The molecule has 0 bridgehead atoms. The highest BCUT2D eigenvalue weighted by molar-refractivity contribution is 7.95. The number of aliphatic hydroxyl groups excluding tert-OH is 1. The molecular weight excluding hydrogens is 240 g/mol. The molecule has 0 aromatic heterocycles. The van der Waals surface area contributed by atoms with Gasteiger partial charge >= 0.3 is 5.97 Å². The third kappa shape index (κ3) is 2.65. The number of allylic oxidation sites excluding steroid dienone is 2. The van der Waals surface area contributed by atoms with Crippen LogP contribution in [0.5, 0.6) is 0 Å². The van der Waals surface area contributed by atoms with Gasteiger partial charge in [-0.25, -0.2) is 4.79 Å². The highest BCUT2D eigenvalue weighted by atomic mass is 32.2. The maximum Gasteiger partial charge on any atom is 0.334 e. The van der Waals surface area contributed by atoms with Crippen molar-refractivity contribution in [2.24, 2.45) is 0 Å². The van der Waals surface area contributed by atoms with Gasteiger partial charge in [0.15, 0.2) is 0 Å². The van der Waals surface area contributed by atoms with E-state index in [2.05, 4.69) is 4.72 Å². The average molecular weight is 252 g/mol. The number of esters is 1. The maximum atomic E-state index is 11.2. The van der Waals surface area contributed by atoms with E-state index in [4.69, 9.17) is 4.74 Å². The summed E-state index contributed by atoms with van der Waals surface area (Å²) < 4.78 is 9.60. The number of ether oxygens (including phenoxy) is 1. The zero-order valence-corrected chi connectivity index (χ0v) is 10.0. The Kier molecular flexibility index (Phi) is 3.43. The van der Waals surface area contributed by atoms with E-state index in [0.29, 0.717) is 5.57 Å². The maximum absolute atomic E-state index is 11.2. The summed E-state index contributed by atoms with van der Waals surface area (Å²) in [6.45, 7) is 2.00. The van der Waals surface area contributed by atoms with Crippen molar-refractivity contribution in [3.8, 4) is 0 Å². The summed E-state index contributed by atoms with van der Waals surface area (Å²) in [6, 6.07) is 0. The van der Waals surface area contributed by atoms with Crippen molar-refractivity contribution in [1.82, 2.24) is 9.03 Å². The highest BCUT2D eigenvalue weighted by Crippen LogP contribution is 2.29. The van der Waals surface area contributed by atoms with E-state index in [1.807, 2.05) is 10.5 Å². The van der Waals surface area contributed by atoms with Crippen molar-refractivity contribution < 1.29 is 14.6 Å². The second-order valence-corrected chi connectivity index (χ2v) is 4.11. The molecule has 6 heteroatoms. The summed E-state index contributed by atoms with van der Waals surface area (Å²) in [5, 5.41) is 9.76. The monoisotopic (exact) mass is 252 g/mol. The van der Waals surface area contributed by atoms with Gasteiger partial charge in [-0.3, -0.25) is 4.31 Å². The van der Waals surface area contributed by atoms with Gasteiger partial charge in [-0.2, -0.15) is 0 Å². The minimum absolute atomic E-state index is 0.0999. The minimum Gasteiger partial charge on any atom is -0.507 e. The molecule has 2 heterocycles. The van der Waals surface area contributed by atoms with Gasteiger partial charge < -0.3 is 14.6 Å². The van der Waals surface area contributed by atoms with Crippen molar-refractivity contribution in [2.45, 2.75) is 6.92 Å². The van der Waals surface area contributed by atoms with Gasteiger partial charge in [0, 0.05) is 18.0 Å². The lowest BCUT2D eigenvalue weighted by molar-refractivity contribution is -0.137. The number of hydrogen-bond donors (Lipinski definition) is 2. The Morgan fingerprint density at radius 1 is 1.71 bits per heavy atom. The SMILES string of the molecule is CCOC(=O)C=C(O)C1=CC2=CNSN2C=C1. The summed E-state index contributed by atoms with van der Waals surface area (Å²) in [6.07, 6.45) is 8.19. The van der Waals surface area contributed by atoms with Crippen LogP contribution in [-0.2, 0) is 9.53 Å². The summed E-state index contributed by atoms with van der Waals surface area (Å²) in [5.41, 5.74) is 1.49. The number of nitrogens with zero attached hydrogens (tertiary/aromatic N) is 1. The highest BCUT2D eigenvalue weighted by Gasteiger charge is 2.17. The van der Waals surface area contributed by atoms with Crippen molar-refractivity contribution in [2.75, 3.05) is 6.61 Å². The Hall–Kier alpha value is -1.82. The predicted molar refractivity (Wildman–Crippen MR) is 65.2 cm³/mol. The van der Waals surface area contributed by atoms with Gasteiger partial charge in [-0.05, 0) is 19.1 Å². The minimum atomic E-state index is -0.547.